The van der Waals surface area contributed by atoms with Crippen molar-refractivity contribution in [3.8, 4) is 17.0 Å². The van der Waals surface area contributed by atoms with E-state index in [0.717, 1.165) is 23.4 Å². The first-order valence-corrected chi connectivity index (χ1v) is 9.37. The van der Waals surface area contributed by atoms with Gasteiger partial charge in [-0.1, -0.05) is 6.07 Å². The monoisotopic (exact) mass is 379 g/mol. The van der Waals surface area contributed by atoms with Crippen molar-refractivity contribution >= 4 is 34.0 Å². The molecular weight excluding hydrogens is 362 g/mol. The number of fused-ring (bicyclic) bond motifs is 1. The molecule has 0 aliphatic carbocycles. The highest BCUT2D eigenvalue weighted by Gasteiger charge is 2.15. The Morgan fingerprint density at radius 2 is 2.04 bits per heavy atom. The lowest BCUT2D eigenvalue weighted by Crippen LogP contribution is -2.13. The zero-order chi connectivity index (χ0) is 18.8. The van der Waals surface area contributed by atoms with Crippen LogP contribution >= 0.6 is 11.3 Å². The number of anilines is 2. The lowest BCUT2D eigenvalue weighted by molar-refractivity contribution is -0.114. The van der Waals surface area contributed by atoms with Crippen LogP contribution < -0.4 is 15.4 Å². The number of rotatable bonds is 4. The van der Waals surface area contributed by atoms with Gasteiger partial charge in [-0.15, -0.1) is 11.3 Å². The fraction of sp³-hybridized carbons (Fsp3) is 0.150. The van der Waals surface area contributed by atoms with Crippen molar-refractivity contribution in [3.05, 3.63) is 59.0 Å². The number of ether oxygens (including phenoxy) is 1. The van der Waals surface area contributed by atoms with E-state index in [1.165, 1.54) is 23.8 Å². The third-order valence-electron chi connectivity index (χ3n) is 4.15. The average molecular weight is 379 g/mol. The summed E-state index contributed by atoms with van der Waals surface area (Å²) in [6, 6.07) is 12.8. The molecule has 2 amide bonds. The molecule has 3 aromatic rings. The van der Waals surface area contributed by atoms with E-state index in [1.54, 1.807) is 24.3 Å². The number of hydrogen-bond acceptors (Lipinski definition) is 5. The molecule has 1 aliphatic rings. The number of nitrogens with one attached hydrogen (secondary N) is 2. The van der Waals surface area contributed by atoms with Crippen LogP contribution in [0.15, 0.2) is 47.8 Å². The van der Waals surface area contributed by atoms with Gasteiger partial charge in [-0.2, -0.15) is 0 Å². The van der Waals surface area contributed by atoms with Crippen LogP contribution in [-0.4, -0.2) is 23.4 Å². The maximum Gasteiger partial charge on any atom is 0.257 e. The molecule has 0 saturated carbocycles. The van der Waals surface area contributed by atoms with E-state index >= 15 is 0 Å². The molecule has 0 bridgehead atoms. The Morgan fingerprint density at radius 1 is 1.15 bits per heavy atom. The van der Waals surface area contributed by atoms with Crippen molar-refractivity contribution < 1.29 is 14.3 Å². The average Bonchev–Trinajstić information content (AvgIpc) is 3.29. The molecule has 2 N–H and O–H groups in total. The van der Waals surface area contributed by atoms with Gasteiger partial charge in [0.15, 0.2) is 5.13 Å². The molecule has 2 heterocycles. The number of aromatic nitrogens is 1. The van der Waals surface area contributed by atoms with Gasteiger partial charge in [0.1, 0.15) is 5.75 Å². The minimum Gasteiger partial charge on any atom is -0.493 e. The van der Waals surface area contributed by atoms with Crippen molar-refractivity contribution in [2.24, 2.45) is 0 Å². The second kappa shape index (κ2) is 7.20. The van der Waals surface area contributed by atoms with Crippen molar-refractivity contribution in [3.63, 3.8) is 0 Å². The van der Waals surface area contributed by atoms with Crippen molar-refractivity contribution in [1.82, 2.24) is 4.98 Å². The summed E-state index contributed by atoms with van der Waals surface area (Å²) in [6.45, 7) is 2.14. The first-order chi connectivity index (χ1) is 13.1. The van der Waals surface area contributed by atoms with E-state index in [9.17, 15) is 9.59 Å². The van der Waals surface area contributed by atoms with Gasteiger partial charge in [-0.25, -0.2) is 4.98 Å². The quantitative estimate of drug-likeness (QED) is 0.719. The van der Waals surface area contributed by atoms with Crippen LogP contribution in [0.5, 0.6) is 5.75 Å². The molecule has 136 valence electrons. The van der Waals surface area contributed by atoms with Gasteiger partial charge in [0.2, 0.25) is 5.91 Å². The highest BCUT2D eigenvalue weighted by atomic mass is 32.1. The number of carbonyl (C=O) groups excluding carboxylic acids is 2. The lowest BCUT2D eigenvalue weighted by Gasteiger charge is -2.05. The van der Waals surface area contributed by atoms with Crippen LogP contribution in [0, 0.1) is 0 Å². The number of thiazole rings is 1. The van der Waals surface area contributed by atoms with E-state index in [2.05, 4.69) is 21.7 Å². The summed E-state index contributed by atoms with van der Waals surface area (Å²) in [6.07, 6.45) is 0.904. The summed E-state index contributed by atoms with van der Waals surface area (Å²) < 4.78 is 5.53. The lowest BCUT2D eigenvalue weighted by atomic mass is 10.1. The van der Waals surface area contributed by atoms with E-state index in [1.807, 2.05) is 17.5 Å². The molecular formula is C20H17N3O3S. The second-order valence-electron chi connectivity index (χ2n) is 6.17. The van der Waals surface area contributed by atoms with Crippen LogP contribution in [0.2, 0.25) is 0 Å². The van der Waals surface area contributed by atoms with Gasteiger partial charge in [0, 0.05) is 35.5 Å². The van der Waals surface area contributed by atoms with Gasteiger partial charge in [-0.3, -0.25) is 14.9 Å². The molecule has 0 atom stereocenters. The summed E-state index contributed by atoms with van der Waals surface area (Å²) >= 11 is 1.37. The molecule has 27 heavy (non-hydrogen) atoms. The third-order valence-corrected chi connectivity index (χ3v) is 4.91. The van der Waals surface area contributed by atoms with Crippen molar-refractivity contribution in [2.75, 3.05) is 17.2 Å². The van der Waals surface area contributed by atoms with Crippen LogP contribution in [0.4, 0.5) is 10.8 Å². The third kappa shape index (κ3) is 3.83. The molecule has 0 saturated heterocycles. The maximum absolute atomic E-state index is 12.5. The van der Waals surface area contributed by atoms with Gasteiger partial charge in [-0.05, 0) is 42.0 Å². The molecule has 1 aromatic heterocycles. The Kier molecular flexibility index (Phi) is 4.60. The zero-order valence-corrected chi connectivity index (χ0v) is 15.4. The number of benzene rings is 2. The van der Waals surface area contributed by atoms with Crippen LogP contribution in [-0.2, 0) is 11.2 Å². The van der Waals surface area contributed by atoms with Crippen molar-refractivity contribution in [1.29, 1.82) is 0 Å². The minimum absolute atomic E-state index is 0.183. The fourth-order valence-electron chi connectivity index (χ4n) is 2.92. The first-order valence-electron chi connectivity index (χ1n) is 8.49. The second-order valence-corrected chi connectivity index (χ2v) is 7.03. The molecule has 2 aromatic carbocycles. The van der Waals surface area contributed by atoms with E-state index in [-0.39, 0.29) is 11.8 Å². The summed E-state index contributed by atoms with van der Waals surface area (Å²) in [5, 5.41) is 7.92. The Hall–Kier alpha value is -3.19. The Bertz CT molecular complexity index is 1030. The van der Waals surface area contributed by atoms with Gasteiger partial charge in [0.25, 0.3) is 5.91 Å². The van der Waals surface area contributed by atoms with Crippen molar-refractivity contribution in [2.45, 2.75) is 13.3 Å². The van der Waals surface area contributed by atoms with Gasteiger partial charge in [0.05, 0.1) is 12.3 Å². The zero-order valence-electron chi connectivity index (χ0n) is 14.6. The molecule has 1 aliphatic heterocycles. The molecule has 0 radical (unpaired) electrons. The molecule has 7 heteroatoms. The standard InChI is InChI=1S/C20H17N3O3S/c1-12(24)21-16-4-2-3-15(10-16)19(25)23-20-22-17(11-27-20)13-5-6-18-14(9-13)7-8-26-18/h2-6,9-11H,7-8H2,1H3,(H,21,24)(H,22,23,25). The maximum atomic E-state index is 12.5. The summed E-state index contributed by atoms with van der Waals surface area (Å²) in [5.74, 6) is 0.476. The van der Waals surface area contributed by atoms with E-state index < -0.39 is 0 Å². The molecule has 6 nitrogen and oxygen atoms in total. The highest BCUT2D eigenvalue weighted by molar-refractivity contribution is 7.14. The summed E-state index contributed by atoms with van der Waals surface area (Å²) in [7, 11) is 0. The number of amides is 2. The van der Waals surface area contributed by atoms with Gasteiger partial charge >= 0.3 is 0 Å². The van der Waals surface area contributed by atoms with Gasteiger partial charge < -0.3 is 10.1 Å². The number of nitrogens with zero attached hydrogens (tertiary/aromatic N) is 1. The predicted octanol–water partition coefficient (Wildman–Crippen LogP) is 3.96. The number of carbonyl (C=O) groups is 2. The minimum atomic E-state index is -0.273. The molecule has 4 rings (SSSR count). The molecule has 0 unspecified atom stereocenters. The van der Waals surface area contributed by atoms with E-state index in [4.69, 9.17) is 4.74 Å². The Labute approximate surface area is 160 Å². The van der Waals surface area contributed by atoms with E-state index in [0.29, 0.717) is 23.0 Å². The molecule has 0 fully saturated rings. The largest absolute Gasteiger partial charge is 0.493 e. The summed E-state index contributed by atoms with van der Waals surface area (Å²) in [4.78, 5) is 28.2. The normalized spacial score (nSPS) is 12.2. The predicted molar refractivity (Wildman–Crippen MR) is 105 cm³/mol. The fourth-order valence-corrected chi connectivity index (χ4v) is 3.64. The van der Waals surface area contributed by atoms with Crippen LogP contribution in [0.1, 0.15) is 22.8 Å². The SMILES string of the molecule is CC(=O)Nc1cccc(C(=O)Nc2nc(-c3ccc4c(c3)CCO4)cs2)c1. The first kappa shape index (κ1) is 17.2. The topological polar surface area (TPSA) is 80.3 Å². The number of hydrogen-bond donors (Lipinski definition) is 2. The molecule has 0 spiro atoms. The summed E-state index contributed by atoms with van der Waals surface area (Å²) in [5.41, 5.74) is 4.03. The smallest absolute Gasteiger partial charge is 0.257 e. The highest BCUT2D eigenvalue weighted by Crippen LogP contribution is 2.32. The Morgan fingerprint density at radius 3 is 2.89 bits per heavy atom. The Balaban J connectivity index is 1.49. The van der Waals surface area contributed by atoms with Crippen LogP contribution in [0.25, 0.3) is 11.3 Å². The van der Waals surface area contributed by atoms with Crippen LogP contribution in [0.3, 0.4) is 0 Å².